The fraction of sp³-hybridized carbons (Fsp3) is 0.300. The smallest absolute Gasteiger partial charge is 0.265 e. The number of amides is 2. The maximum absolute atomic E-state index is 12.4. The molecule has 0 aromatic heterocycles. The van der Waals surface area contributed by atoms with Crippen molar-refractivity contribution in [3.05, 3.63) is 59.1 Å². The van der Waals surface area contributed by atoms with Gasteiger partial charge in [0.25, 0.3) is 11.8 Å². The van der Waals surface area contributed by atoms with Gasteiger partial charge in [0.15, 0.2) is 6.10 Å². The number of anilines is 1. The molecule has 0 aliphatic carbocycles. The van der Waals surface area contributed by atoms with E-state index in [1.54, 1.807) is 55.5 Å². The molecule has 1 atom stereocenters. The van der Waals surface area contributed by atoms with Gasteiger partial charge in [-0.25, -0.2) is 0 Å². The summed E-state index contributed by atoms with van der Waals surface area (Å²) >= 11 is 5.84. The molecule has 2 N–H and O–H groups in total. The van der Waals surface area contributed by atoms with Gasteiger partial charge in [-0.3, -0.25) is 9.59 Å². The monoisotopic (exact) mass is 374 g/mol. The number of rotatable bonds is 8. The van der Waals surface area contributed by atoms with Gasteiger partial charge in [0.1, 0.15) is 5.75 Å². The van der Waals surface area contributed by atoms with Gasteiger partial charge in [-0.05, 0) is 49.7 Å². The number of ether oxygens (including phenoxy) is 1. The Hall–Kier alpha value is -2.53. The van der Waals surface area contributed by atoms with E-state index in [1.165, 1.54) is 0 Å². The Morgan fingerprint density at radius 3 is 2.50 bits per heavy atom. The molecule has 1 unspecified atom stereocenters. The van der Waals surface area contributed by atoms with Crippen LogP contribution in [0.4, 0.5) is 5.69 Å². The lowest BCUT2D eigenvalue weighted by Crippen LogP contribution is -2.32. The molecule has 2 rings (SSSR count). The Morgan fingerprint density at radius 2 is 1.81 bits per heavy atom. The lowest BCUT2D eigenvalue weighted by Gasteiger charge is -2.16. The van der Waals surface area contributed by atoms with Crippen LogP contribution in [-0.2, 0) is 4.79 Å². The molecule has 0 heterocycles. The summed E-state index contributed by atoms with van der Waals surface area (Å²) in [5.41, 5.74) is 0.883. The first-order valence-corrected chi connectivity index (χ1v) is 8.99. The SMILES string of the molecule is CCCCNC(=O)c1ccccc1NC(=O)C(C)Oc1ccc(Cl)cc1. The van der Waals surface area contributed by atoms with Gasteiger partial charge in [-0.1, -0.05) is 37.1 Å². The highest BCUT2D eigenvalue weighted by Gasteiger charge is 2.18. The van der Waals surface area contributed by atoms with E-state index in [-0.39, 0.29) is 11.8 Å². The van der Waals surface area contributed by atoms with Crippen LogP contribution in [0.3, 0.4) is 0 Å². The Morgan fingerprint density at radius 1 is 1.12 bits per heavy atom. The van der Waals surface area contributed by atoms with Crippen LogP contribution in [0, 0.1) is 0 Å². The molecule has 0 saturated carbocycles. The highest BCUT2D eigenvalue weighted by atomic mass is 35.5. The lowest BCUT2D eigenvalue weighted by molar-refractivity contribution is -0.122. The minimum atomic E-state index is -0.729. The van der Waals surface area contributed by atoms with Crippen LogP contribution in [0.1, 0.15) is 37.0 Å². The third-order valence-corrected chi connectivity index (χ3v) is 3.99. The van der Waals surface area contributed by atoms with E-state index in [1.807, 2.05) is 0 Å². The number of halogens is 1. The second kappa shape index (κ2) is 9.82. The molecule has 0 fully saturated rings. The van der Waals surface area contributed by atoms with Crippen molar-refractivity contribution in [2.24, 2.45) is 0 Å². The molecule has 2 aromatic carbocycles. The first-order chi connectivity index (χ1) is 12.5. The number of unbranched alkanes of at least 4 members (excludes halogenated alkanes) is 1. The zero-order valence-corrected chi connectivity index (χ0v) is 15.7. The van der Waals surface area contributed by atoms with Crippen LogP contribution in [0.2, 0.25) is 5.02 Å². The van der Waals surface area contributed by atoms with Crippen molar-refractivity contribution >= 4 is 29.1 Å². The standard InChI is InChI=1S/C20H23ClN2O3/c1-3-4-13-22-20(25)17-7-5-6-8-18(17)23-19(24)14(2)26-16-11-9-15(21)10-12-16/h5-12,14H,3-4,13H2,1-2H3,(H,22,25)(H,23,24). The Bertz CT molecular complexity index is 747. The average molecular weight is 375 g/mol. The summed E-state index contributed by atoms with van der Waals surface area (Å²) < 4.78 is 5.61. The van der Waals surface area contributed by atoms with Gasteiger partial charge in [-0.2, -0.15) is 0 Å². The molecule has 0 radical (unpaired) electrons. The van der Waals surface area contributed by atoms with Crippen LogP contribution >= 0.6 is 11.6 Å². The second-order valence-corrected chi connectivity index (χ2v) is 6.29. The molecule has 0 aliphatic rings. The maximum atomic E-state index is 12.4. The number of carbonyl (C=O) groups excluding carboxylic acids is 2. The van der Waals surface area contributed by atoms with E-state index in [0.29, 0.717) is 28.6 Å². The fourth-order valence-electron chi connectivity index (χ4n) is 2.27. The average Bonchev–Trinajstić information content (AvgIpc) is 2.64. The number of carbonyl (C=O) groups is 2. The largest absolute Gasteiger partial charge is 0.481 e. The van der Waals surface area contributed by atoms with E-state index >= 15 is 0 Å². The number of para-hydroxylation sites is 1. The van der Waals surface area contributed by atoms with Gasteiger partial charge in [0.05, 0.1) is 11.3 Å². The molecule has 0 saturated heterocycles. The summed E-state index contributed by atoms with van der Waals surface area (Å²) in [6.45, 7) is 4.31. The van der Waals surface area contributed by atoms with E-state index in [2.05, 4.69) is 17.6 Å². The van der Waals surface area contributed by atoms with Crippen molar-refractivity contribution in [2.45, 2.75) is 32.8 Å². The molecule has 2 aromatic rings. The van der Waals surface area contributed by atoms with E-state index in [4.69, 9.17) is 16.3 Å². The topological polar surface area (TPSA) is 67.4 Å². The lowest BCUT2D eigenvalue weighted by atomic mass is 10.1. The summed E-state index contributed by atoms with van der Waals surface area (Å²) in [6, 6.07) is 13.7. The molecule has 26 heavy (non-hydrogen) atoms. The van der Waals surface area contributed by atoms with Crippen LogP contribution in [-0.4, -0.2) is 24.5 Å². The van der Waals surface area contributed by atoms with Crippen LogP contribution < -0.4 is 15.4 Å². The van der Waals surface area contributed by atoms with Gasteiger partial charge in [0, 0.05) is 11.6 Å². The summed E-state index contributed by atoms with van der Waals surface area (Å²) in [7, 11) is 0. The molecular formula is C20H23ClN2O3. The van der Waals surface area contributed by atoms with Gasteiger partial charge in [-0.15, -0.1) is 0 Å². The van der Waals surface area contributed by atoms with Crippen molar-refractivity contribution in [2.75, 3.05) is 11.9 Å². The van der Waals surface area contributed by atoms with Gasteiger partial charge < -0.3 is 15.4 Å². The minimum Gasteiger partial charge on any atom is -0.481 e. The molecule has 138 valence electrons. The molecule has 5 nitrogen and oxygen atoms in total. The van der Waals surface area contributed by atoms with E-state index in [9.17, 15) is 9.59 Å². The van der Waals surface area contributed by atoms with Crippen molar-refractivity contribution in [1.82, 2.24) is 5.32 Å². The highest BCUT2D eigenvalue weighted by Crippen LogP contribution is 2.19. The zero-order valence-electron chi connectivity index (χ0n) is 14.9. The van der Waals surface area contributed by atoms with Crippen LogP contribution in [0.15, 0.2) is 48.5 Å². The minimum absolute atomic E-state index is 0.208. The van der Waals surface area contributed by atoms with Crippen molar-refractivity contribution in [3.8, 4) is 5.75 Å². The van der Waals surface area contributed by atoms with Gasteiger partial charge in [0.2, 0.25) is 0 Å². The molecule has 6 heteroatoms. The van der Waals surface area contributed by atoms with Crippen molar-refractivity contribution in [1.29, 1.82) is 0 Å². The Balaban J connectivity index is 2.01. The number of hydrogen-bond donors (Lipinski definition) is 2. The van der Waals surface area contributed by atoms with Crippen LogP contribution in [0.5, 0.6) is 5.75 Å². The highest BCUT2D eigenvalue weighted by molar-refractivity contribution is 6.30. The number of hydrogen-bond acceptors (Lipinski definition) is 3. The van der Waals surface area contributed by atoms with Gasteiger partial charge >= 0.3 is 0 Å². The number of nitrogens with one attached hydrogen (secondary N) is 2. The first kappa shape index (κ1) is 19.8. The predicted molar refractivity (Wildman–Crippen MR) is 104 cm³/mol. The number of benzene rings is 2. The summed E-state index contributed by atoms with van der Waals surface area (Å²) in [5.74, 6) is -0.00275. The second-order valence-electron chi connectivity index (χ2n) is 5.86. The summed E-state index contributed by atoms with van der Waals surface area (Å²) in [5, 5.41) is 6.21. The summed E-state index contributed by atoms with van der Waals surface area (Å²) in [6.07, 6.45) is 1.18. The third kappa shape index (κ3) is 5.77. The molecule has 2 amide bonds. The molecular weight excluding hydrogens is 352 g/mol. The quantitative estimate of drug-likeness (QED) is 0.678. The Labute approximate surface area is 158 Å². The van der Waals surface area contributed by atoms with E-state index in [0.717, 1.165) is 12.8 Å². The van der Waals surface area contributed by atoms with E-state index < -0.39 is 6.10 Å². The third-order valence-electron chi connectivity index (χ3n) is 3.74. The molecule has 0 spiro atoms. The molecule has 0 bridgehead atoms. The first-order valence-electron chi connectivity index (χ1n) is 8.61. The Kier molecular flexibility index (Phi) is 7.48. The fourth-order valence-corrected chi connectivity index (χ4v) is 2.40. The maximum Gasteiger partial charge on any atom is 0.265 e. The summed E-state index contributed by atoms with van der Waals surface area (Å²) in [4.78, 5) is 24.7. The molecule has 0 aliphatic heterocycles. The van der Waals surface area contributed by atoms with Crippen molar-refractivity contribution in [3.63, 3.8) is 0 Å². The van der Waals surface area contributed by atoms with Crippen molar-refractivity contribution < 1.29 is 14.3 Å². The zero-order chi connectivity index (χ0) is 18.9. The predicted octanol–water partition coefficient (Wildman–Crippen LogP) is 4.28. The normalized spacial score (nSPS) is 11.5. The van der Waals surface area contributed by atoms with Crippen LogP contribution in [0.25, 0.3) is 0 Å².